The second kappa shape index (κ2) is 8.11. The van der Waals surface area contributed by atoms with Crippen molar-refractivity contribution in [1.82, 2.24) is 9.97 Å². The Hall–Kier alpha value is -3.53. The van der Waals surface area contributed by atoms with Crippen molar-refractivity contribution in [2.45, 2.75) is 18.0 Å². The van der Waals surface area contributed by atoms with Gasteiger partial charge in [0.05, 0.1) is 27.4 Å². The van der Waals surface area contributed by atoms with Crippen LogP contribution in [0.3, 0.4) is 0 Å². The molecule has 0 atom stereocenters. The largest absolute Gasteiger partial charge is 0.457 e. The molecule has 33 heavy (non-hydrogen) atoms. The highest BCUT2D eigenvalue weighted by Crippen LogP contribution is 2.35. The maximum absolute atomic E-state index is 14.9. The van der Waals surface area contributed by atoms with Crippen LogP contribution in [-0.4, -0.2) is 24.6 Å². The first kappa shape index (κ1) is 22.7. The van der Waals surface area contributed by atoms with Gasteiger partial charge >= 0.3 is 6.18 Å². The number of ether oxygens (including phenoxy) is 1. The Morgan fingerprint density at radius 2 is 1.61 bits per heavy atom. The smallest absolute Gasteiger partial charge is 0.418 e. The Morgan fingerprint density at radius 1 is 0.909 bits per heavy atom. The SMILES string of the molecule is Cc1nc2c(C(F)(F)F)cccc2nc1-c1ccc(Oc2cccc(S(C)(=O)=O)c2)cc1F. The van der Waals surface area contributed by atoms with Gasteiger partial charge in [-0.1, -0.05) is 12.1 Å². The molecular formula is C23H16F4N2O3S. The zero-order valence-corrected chi connectivity index (χ0v) is 18.1. The van der Waals surface area contributed by atoms with Crippen LogP contribution in [0.5, 0.6) is 11.5 Å². The average Bonchev–Trinajstić information content (AvgIpc) is 2.72. The molecule has 0 spiro atoms. The lowest BCUT2D eigenvalue weighted by atomic mass is 10.1. The molecule has 1 heterocycles. The summed E-state index contributed by atoms with van der Waals surface area (Å²) in [4.78, 5) is 8.32. The lowest BCUT2D eigenvalue weighted by Crippen LogP contribution is -2.08. The van der Waals surface area contributed by atoms with Crippen molar-refractivity contribution in [3.05, 3.63) is 77.7 Å². The van der Waals surface area contributed by atoms with Crippen molar-refractivity contribution >= 4 is 20.9 Å². The Morgan fingerprint density at radius 3 is 2.27 bits per heavy atom. The number of aryl methyl sites for hydroxylation is 1. The number of benzene rings is 3. The van der Waals surface area contributed by atoms with Crippen molar-refractivity contribution in [2.75, 3.05) is 6.26 Å². The molecule has 0 saturated carbocycles. The van der Waals surface area contributed by atoms with Gasteiger partial charge in [-0.25, -0.2) is 22.8 Å². The number of hydrogen-bond donors (Lipinski definition) is 0. The van der Waals surface area contributed by atoms with E-state index >= 15 is 0 Å². The van der Waals surface area contributed by atoms with Gasteiger partial charge in [0, 0.05) is 17.9 Å². The standard InChI is InChI=1S/C23H16F4N2O3S/c1-13-21(29-20-8-4-7-18(22(20)28-13)23(25,26)27)17-10-9-15(12-19(17)24)32-14-5-3-6-16(11-14)33(2,30)31/h3-12H,1-2H3. The van der Waals surface area contributed by atoms with Crippen LogP contribution in [0, 0.1) is 12.7 Å². The Balaban J connectivity index is 1.71. The van der Waals surface area contributed by atoms with Crippen LogP contribution in [0.1, 0.15) is 11.3 Å². The normalized spacial score (nSPS) is 12.2. The molecule has 0 aliphatic carbocycles. The number of rotatable bonds is 4. The molecule has 0 amide bonds. The lowest BCUT2D eigenvalue weighted by molar-refractivity contribution is -0.136. The maximum Gasteiger partial charge on any atom is 0.418 e. The summed E-state index contributed by atoms with van der Waals surface area (Å²) in [5.41, 5.74) is -0.961. The van der Waals surface area contributed by atoms with Crippen molar-refractivity contribution in [3.8, 4) is 22.8 Å². The molecule has 4 rings (SSSR count). The number of halogens is 4. The fraction of sp³-hybridized carbons (Fsp3) is 0.130. The van der Waals surface area contributed by atoms with Crippen LogP contribution in [0.25, 0.3) is 22.3 Å². The molecule has 0 saturated heterocycles. The molecule has 1 aromatic heterocycles. The van der Waals surface area contributed by atoms with Crippen molar-refractivity contribution in [1.29, 1.82) is 0 Å². The summed E-state index contributed by atoms with van der Waals surface area (Å²) in [6.07, 6.45) is -3.54. The molecule has 0 bridgehead atoms. The third kappa shape index (κ3) is 4.65. The van der Waals surface area contributed by atoms with Crippen LogP contribution < -0.4 is 4.74 Å². The summed E-state index contributed by atoms with van der Waals surface area (Å²) in [6.45, 7) is 1.45. The van der Waals surface area contributed by atoms with Crippen LogP contribution in [0.2, 0.25) is 0 Å². The molecule has 170 valence electrons. The van der Waals surface area contributed by atoms with Crippen LogP contribution >= 0.6 is 0 Å². The van der Waals surface area contributed by atoms with E-state index in [1.54, 1.807) is 0 Å². The Bertz CT molecular complexity index is 1490. The minimum Gasteiger partial charge on any atom is -0.457 e. The highest BCUT2D eigenvalue weighted by atomic mass is 32.2. The minimum absolute atomic E-state index is 0.0114. The summed E-state index contributed by atoms with van der Waals surface area (Å²) in [5.74, 6) is -0.422. The van der Waals surface area contributed by atoms with E-state index in [-0.39, 0.29) is 44.4 Å². The summed E-state index contributed by atoms with van der Waals surface area (Å²) >= 11 is 0. The molecule has 0 radical (unpaired) electrons. The third-order valence-corrected chi connectivity index (χ3v) is 5.95. The van der Waals surface area contributed by atoms with E-state index in [2.05, 4.69) is 9.97 Å². The third-order valence-electron chi connectivity index (χ3n) is 4.84. The first-order chi connectivity index (χ1) is 15.4. The van der Waals surface area contributed by atoms with E-state index in [1.807, 2.05) is 0 Å². The predicted octanol–water partition coefficient (Wildman–Crippen LogP) is 5.96. The molecule has 4 aromatic rings. The number of nitrogens with zero attached hydrogens (tertiary/aromatic N) is 2. The van der Waals surface area contributed by atoms with E-state index in [9.17, 15) is 26.0 Å². The van der Waals surface area contributed by atoms with E-state index < -0.39 is 27.4 Å². The lowest BCUT2D eigenvalue weighted by Gasteiger charge is -2.13. The maximum atomic E-state index is 14.9. The van der Waals surface area contributed by atoms with Crippen LogP contribution in [0.4, 0.5) is 17.6 Å². The number of sulfone groups is 1. The summed E-state index contributed by atoms with van der Waals surface area (Å²) in [5, 5.41) is 0. The average molecular weight is 476 g/mol. The van der Waals surface area contributed by atoms with E-state index in [4.69, 9.17) is 4.74 Å². The van der Waals surface area contributed by atoms with Gasteiger partial charge in [0.25, 0.3) is 0 Å². The first-order valence-electron chi connectivity index (χ1n) is 9.56. The zero-order chi connectivity index (χ0) is 24.0. The van der Waals surface area contributed by atoms with Gasteiger partial charge in [-0.2, -0.15) is 13.2 Å². The highest BCUT2D eigenvalue weighted by Gasteiger charge is 2.33. The Kier molecular flexibility index (Phi) is 5.57. The number of aromatic nitrogens is 2. The van der Waals surface area contributed by atoms with Crippen molar-refractivity contribution in [3.63, 3.8) is 0 Å². The van der Waals surface area contributed by atoms with Gasteiger partial charge in [0.2, 0.25) is 0 Å². The molecule has 3 aromatic carbocycles. The Labute approximate surface area is 186 Å². The van der Waals surface area contributed by atoms with E-state index in [0.717, 1.165) is 18.4 Å². The molecule has 0 aliphatic rings. The number of fused-ring (bicyclic) bond motifs is 1. The second-order valence-corrected chi connectivity index (χ2v) is 9.34. The van der Waals surface area contributed by atoms with Gasteiger partial charge in [0.1, 0.15) is 22.8 Å². The van der Waals surface area contributed by atoms with Gasteiger partial charge in [-0.15, -0.1) is 0 Å². The van der Waals surface area contributed by atoms with Gasteiger partial charge in [0.15, 0.2) is 9.84 Å². The molecule has 0 N–H and O–H groups in total. The highest BCUT2D eigenvalue weighted by molar-refractivity contribution is 7.90. The predicted molar refractivity (Wildman–Crippen MR) is 114 cm³/mol. The number of alkyl halides is 3. The number of hydrogen-bond acceptors (Lipinski definition) is 5. The topological polar surface area (TPSA) is 69.2 Å². The molecule has 0 fully saturated rings. The number of para-hydroxylation sites is 1. The molecular weight excluding hydrogens is 460 g/mol. The van der Waals surface area contributed by atoms with Gasteiger partial charge < -0.3 is 4.74 Å². The summed E-state index contributed by atoms with van der Waals surface area (Å²) < 4.78 is 83.7. The minimum atomic E-state index is -4.60. The van der Waals surface area contributed by atoms with Gasteiger partial charge in [-0.3, -0.25) is 0 Å². The molecule has 10 heteroatoms. The monoisotopic (exact) mass is 476 g/mol. The van der Waals surface area contributed by atoms with Crippen molar-refractivity contribution < 1.29 is 30.7 Å². The van der Waals surface area contributed by atoms with E-state index in [0.29, 0.717) is 0 Å². The quantitative estimate of drug-likeness (QED) is 0.340. The summed E-state index contributed by atoms with van der Waals surface area (Å²) in [6, 6.07) is 13.2. The fourth-order valence-corrected chi connectivity index (χ4v) is 3.96. The van der Waals surface area contributed by atoms with E-state index in [1.165, 1.54) is 55.5 Å². The molecule has 0 unspecified atom stereocenters. The summed E-state index contributed by atoms with van der Waals surface area (Å²) in [7, 11) is -3.44. The molecule has 0 aliphatic heterocycles. The van der Waals surface area contributed by atoms with Crippen molar-refractivity contribution in [2.24, 2.45) is 0 Å². The first-order valence-corrected chi connectivity index (χ1v) is 11.4. The van der Waals surface area contributed by atoms with Crippen LogP contribution in [-0.2, 0) is 16.0 Å². The van der Waals surface area contributed by atoms with Crippen LogP contribution in [0.15, 0.2) is 65.6 Å². The second-order valence-electron chi connectivity index (χ2n) is 7.32. The zero-order valence-electron chi connectivity index (χ0n) is 17.3. The van der Waals surface area contributed by atoms with Gasteiger partial charge in [-0.05, 0) is 49.4 Å². The fourth-order valence-electron chi connectivity index (χ4n) is 3.30. The molecule has 5 nitrogen and oxygen atoms in total.